The van der Waals surface area contributed by atoms with Crippen molar-refractivity contribution in [2.75, 3.05) is 7.11 Å². The number of hydrogen-bond acceptors (Lipinski definition) is 2. The highest BCUT2D eigenvalue weighted by atomic mass is 79.9. The average Bonchev–Trinajstić information content (AvgIpc) is 2.42. The second-order valence-electron chi connectivity index (χ2n) is 4.20. The summed E-state index contributed by atoms with van der Waals surface area (Å²) < 4.78 is 6.18. The van der Waals surface area contributed by atoms with Crippen LogP contribution in [0.4, 0.5) is 0 Å². The van der Waals surface area contributed by atoms with Crippen LogP contribution in [0.2, 0.25) is 5.02 Å². The lowest BCUT2D eigenvalue weighted by Crippen LogP contribution is -2.04. The van der Waals surface area contributed by atoms with Crippen molar-refractivity contribution < 1.29 is 9.84 Å². The van der Waals surface area contributed by atoms with Crippen LogP contribution in [0.5, 0.6) is 5.75 Å². The van der Waals surface area contributed by atoms with E-state index in [1.165, 1.54) is 0 Å². The number of rotatable bonds is 4. The Kier molecular flexibility index (Phi) is 4.86. The third-order valence-electron chi connectivity index (χ3n) is 2.92. The summed E-state index contributed by atoms with van der Waals surface area (Å²) >= 11 is 9.50. The Hall–Kier alpha value is -1.03. The van der Waals surface area contributed by atoms with E-state index in [1.807, 2.05) is 36.4 Å². The molecule has 100 valence electrons. The van der Waals surface area contributed by atoms with Crippen LogP contribution in [-0.2, 0) is 6.42 Å². The van der Waals surface area contributed by atoms with E-state index in [0.29, 0.717) is 17.0 Å². The lowest BCUT2D eigenvalue weighted by Gasteiger charge is -2.15. The van der Waals surface area contributed by atoms with E-state index in [4.69, 9.17) is 16.3 Å². The number of benzene rings is 2. The first-order valence-corrected chi connectivity index (χ1v) is 7.04. The van der Waals surface area contributed by atoms with Crippen LogP contribution in [0.1, 0.15) is 17.2 Å². The molecule has 0 fully saturated rings. The summed E-state index contributed by atoms with van der Waals surface area (Å²) in [6.07, 6.45) is -0.207. The zero-order chi connectivity index (χ0) is 13.8. The highest BCUT2D eigenvalue weighted by molar-refractivity contribution is 9.10. The van der Waals surface area contributed by atoms with Gasteiger partial charge in [-0.05, 0) is 29.8 Å². The van der Waals surface area contributed by atoms with Crippen molar-refractivity contribution in [2.45, 2.75) is 12.5 Å². The maximum Gasteiger partial charge on any atom is 0.122 e. The van der Waals surface area contributed by atoms with E-state index >= 15 is 0 Å². The quantitative estimate of drug-likeness (QED) is 0.894. The Morgan fingerprint density at radius 1 is 1.26 bits per heavy atom. The molecular weight excluding hydrogens is 328 g/mol. The van der Waals surface area contributed by atoms with Gasteiger partial charge >= 0.3 is 0 Å². The van der Waals surface area contributed by atoms with Crippen LogP contribution >= 0.6 is 27.5 Å². The zero-order valence-corrected chi connectivity index (χ0v) is 12.8. The average molecular weight is 342 g/mol. The van der Waals surface area contributed by atoms with Gasteiger partial charge in [-0.3, -0.25) is 0 Å². The lowest BCUT2D eigenvalue weighted by atomic mass is 10.0. The molecular formula is C15H14BrClO2. The fourth-order valence-corrected chi connectivity index (χ4v) is 2.58. The maximum absolute atomic E-state index is 10.3. The van der Waals surface area contributed by atoms with Gasteiger partial charge in [-0.1, -0.05) is 45.7 Å². The van der Waals surface area contributed by atoms with Gasteiger partial charge in [0.15, 0.2) is 0 Å². The number of para-hydroxylation sites is 1. The molecule has 0 aliphatic rings. The van der Waals surface area contributed by atoms with E-state index in [2.05, 4.69) is 15.9 Å². The molecule has 4 heteroatoms. The van der Waals surface area contributed by atoms with Gasteiger partial charge in [-0.25, -0.2) is 0 Å². The van der Waals surface area contributed by atoms with Crippen LogP contribution < -0.4 is 4.74 Å². The second-order valence-corrected chi connectivity index (χ2v) is 5.52. The normalized spacial score (nSPS) is 12.2. The molecule has 0 radical (unpaired) electrons. The first kappa shape index (κ1) is 14.4. The van der Waals surface area contributed by atoms with Gasteiger partial charge in [-0.2, -0.15) is 0 Å². The van der Waals surface area contributed by atoms with Crippen molar-refractivity contribution in [3.63, 3.8) is 0 Å². The highest BCUT2D eigenvalue weighted by Crippen LogP contribution is 2.30. The van der Waals surface area contributed by atoms with Crippen LogP contribution in [0, 0.1) is 0 Å². The van der Waals surface area contributed by atoms with Gasteiger partial charge < -0.3 is 9.84 Å². The van der Waals surface area contributed by atoms with Gasteiger partial charge in [0.2, 0.25) is 0 Å². The van der Waals surface area contributed by atoms with E-state index in [1.54, 1.807) is 13.2 Å². The van der Waals surface area contributed by atoms with E-state index in [-0.39, 0.29) is 0 Å². The van der Waals surface area contributed by atoms with Gasteiger partial charge in [0.1, 0.15) is 5.75 Å². The Balaban J connectivity index is 2.25. The molecule has 2 nitrogen and oxygen atoms in total. The SMILES string of the molecule is COc1ccccc1CC(O)c1cc(Br)ccc1Cl. The number of ether oxygens (including phenoxy) is 1. The molecule has 19 heavy (non-hydrogen) atoms. The Morgan fingerprint density at radius 2 is 2.00 bits per heavy atom. The first-order valence-electron chi connectivity index (χ1n) is 5.86. The molecule has 0 bridgehead atoms. The topological polar surface area (TPSA) is 29.5 Å². The van der Waals surface area contributed by atoms with E-state index in [0.717, 1.165) is 15.8 Å². The van der Waals surface area contributed by atoms with Gasteiger partial charge in [-0.15, -0.1) is 0 Å². The summed E-state index contributed by atoms with van der Waals surface area (Å²) in [5.41, 5.74) is 1.66. The largest absolute Gasteiger partial charge is 0.496 e. The number of aliphatic hydroxyl groups excluding tert-OH is 1. The standard InChI is InChI=1S/C15H14BrClO2/c1-19-15-5-3-2-4-10(15)8-14(18)12-9-11(16)6-7-13(12)17/h2-7,9,14,18H,8H2,1H3. The molecule has 0 saturated heterocycles. The number of halogens is 2. The number of methoxy groups -OCH3 is 1. The molecule has 0 amide bonds. The fraction of sp³-hybridized carbons (Fsp3) is 0.200. The molecule has 1 unspecified atom stereocenters. The Bertz CT molecular complexity index is 572. The number of aliphatic hydroxyl groups is 1. The first-order chi connectivity index (χ1) is 9.11. The van der Waals surface area contributed by atoms with Crippen molar-refractivity contribution in [2.24, 2.45) is 0 Å². The van der Waals surface area contributed by atoms with Crippen LogP contribution in [0.25, 0.3) is 0 Å². The molecule has 1 atom stereocenters. The fourth-order valence-electron chi connectivity index (χ4n) is 1.96. The van der Waals surface area contributed by atoms with Crippen LogP contribution in [0.3, 0.4) is 0 Å². The lowest BCUT2D eigenvalue weighted by molar-refractivity contribution is 0.177. The van der Waals surface area contributed by atoms with Crippen molar-refractivity contribution in [1.82, 2.24) is 0 Å². The maximum atomic E-state index is 10.3. The molecule has 2 rings (SSSR count). The highest BCUT2D eigenvalue weighted by Gasteiger charge is 2.15. The minimum Gasteiger partial charge on any atom is -0.496 e. The molecule has 0 aliphatic heterocycles. The molecule has 0 heterocycles. The van der Waals surface area contributed by atoms with Gasteiger partial charge in [0, 0.05) is 21.5 Å². The summed E-state index contributed by atoms with van der Waals surface area (Å²) in [6.45, 7) is 0. The minimum atomic E-state index is -0.665. The molecule has 1 N–H and O–H groups in total. The van der Waals surface area contributed by atoms with E-state index in [9.17, 15) is 5.11 Å². The molecule has 2 aromatic carbocycles. The zero-order valence-electron chi connectivity index (χ0n) is 10.4. The summed E-state index contributed by atoms with van der Waals surface area (Å²) in [5.74, 6) is 0.771. The predicted octanol–water partition coefficient (Wildman–Crippen LogP) is 4.39. The second kappa shape index (κ2) is 6.42. The van der Waals surface area contributed by atoms with Crippen molar-refractivity contribution in [3.05, 3.63) is 63.1 Å². The van der Waals surface area contributed by atoms with Gasteiger partial charge in [0.25, 0.3) is 0 Å². The summed E-state index contributed by atoms with van der Waals surface area (Å²) in [7, 11) is 1.62. The molecule has 0 aliphatic carbocycles. The molecule has 2 aromatic rings. The Labute approximate surface area is 126 Å². The summed E-state index contributed by atoms with van der Waals surface area (Å²) in [5, 5.41) is 10.9. The smallest absolute Gasteiger partial charge is 0.122 e. The van der Waals surface area contributed by atoms with Crippen molar-refractivity contribution in [1.29, 1.82) is 0 Å². The Morgan fingerprint density at radius 3 is 2.74 bits per heavy atom. The van der Waals surface area contributed by atoms with Crippen LogP contribution in [-0.4, -0.2) is 12.2 Å². The van der Waals surface area contributed by atoms with Crippen molar-refractivity contribution >= 4 is 27.5 Å². The van der Waals surface area contributed by atoms with Crippen molar-refractivity contribution in [3.8, 4) is 5.75 Å². The summed E-state index contributed by atoms with van der Waals surface area (Å²) in [6, 6.07) is 13.1. The van der Waals surface area contributed by atoms with Gasteiger partial charge in [0.05, 0.1) is 13.2 Å². The third-order valence-corrected chi connectivity index (χ3v) is 3.76. The minimum absolute atomic E-state index is 0.459. The molecule has 0 saturated carbocycles. The summed E-state index contributed by atoms with van der Waals surface area (Å²) in [4.78, 5) is 0. The molecule has 0 aromatic heterocycles. The van der Waals surface area contributed by atoms with Crippen LogP contribution in [0.15, 0.2) is 46.9 Å². The third kappa shape index (κ3) is 3.50. The molecule has 0 spiro atoms. The number of hydrogen-bond donors (Lipinski definition) is 1. The van der Waals surface area contributed by atoms with E-state index < -0.39 is 6.10 Å². The monoisotopic (exact) mass is 340 g/mol. The predicted molar refractivity (Wildman–Crippen MR) is 80.8 cm³/mol.